The third kappa shape index (κ3) is 4.47. The number of rotatable bonds is 5. The summed E-state index contributed by atoms with van der Waals surface area (Å²) in [4.78, 5) is 11.3. The summed E-state index contributed by atoms with van der Waals surface area (Å²) in [5.41, 5.74) is 4.50. The van der Waals surface area contributed by atoms with Crippen molar-refractivity contribution in [2.45, 2.75) is 72.7 Å². The van der Waals surface area contributed by atoms with Crippen LogP contribution in [0.2, 0.25) is 0 Å². The van der Waals surface area contributed by atoms with Crippen LogP contribution in [0.1, 0.15) is 60.3 Å². The van der Waals surface area contributed by atoms with E-state index in [1.165, 1.54) is 11.1 Å². The number of hydrogen-bond acceptors (Lipinski definition) is 4. The molecule has 128 valence electrons. The van der Waals surface area contributed by atoms with Crippen molar-refractivity contribution in [3.05, 3.63) is 34.6 Å². The highest BCUT2D eigenvalue weighted by Gasteiger charge is 2.32. The summed E-state index contributed by atoms with van der Waals surface area (Å²) >= 11 is 0. The van der Waals surface area contributed by atoms with Gasteiger partial charge in [-0.25, -0.2) is 4.79 Å². The van der Waals surface area contributed by atoms with Crippen LogP contribution >= 0.6 is 0 Å². The molecule has 0 aromatic heterocycles. The number of aliphatic hydroxyl groups excluding tert-OH is 1. The maximum atomic E-state index is 11.3. The molecule has 0 bridgehead atoms. The average Bonchev–Trinajstić information content (AvgIpc) is 2.73. The quantitative estimate of drug-likeness (QED) is 0.472. The number of cyclic esters (lactones) is 1. The van der Waals surface area contributed by atoms with Crippen LogP contribution in [-0.4, -0.2) is 23.5 Å². The van der Waals surface area contributed by atoms with E-state index in [-0.39, 0.29) is 17.5 Å². The first kappa shape index (κ1) is 17.8. The topological polar surface area (TPSA) is 55.8 Å². The third-order valence-electron chi connectivity index (χ3n) is 4.72. The highest BCUT2D eigenvalue weighted by Crippen LogP contribution is 2.42. The van der Waals surface area contributed by atoms with E-state index >= 15 is 0 Å². The number of hydrogen-bond donors (Lipinski definition) is 1. The molecule has 2 rings (SSSR count). The summed E-state index contributed by atoms with van der Waals surface area (Å²) < 4.78 is 10.5. The molecule has 0 spiro atoms. The van der Waals surface area contributed by atoms with E-state index in [0.29, 0.717) is 5.57 Å². The fourth-order valence-electron chi connectivity index (χ4n) is 3.53. The first-order valence-corrected chi connectivity index (χ1v) is 8.26. The van der Waals surface area contributed by atoms with Crippen molar-refractivity contribution in [3.8, 4) is 0 Å². The zero-order valence-electron chi connectivity index (χ0n) is 14.8. The van der Waals surface area contributed by atoms with Crippen LogP contribution in [0, 0.1) is 5.41 Å². The van der Waals surface area contributed by atoms with Gasteiger partial charge in [-0.3, -0.25) is 0 Å². The number of esters is 1. The molecule has 0 aromatic rings. The van der Waals surface area contributed by atoms with Gasteiger partial charge in [-0.1, -0.05) is 25.0 Å². The van der Waals surface area contributed by atoms with E-state index in [9.17, 15) is 9.90 Å². The van der Waals surface area contributed by atoms with Crippen LogP contribution in [0.4, 0.5) is 0 Å². The molecular weight excluding hydrogens is 292 g/mol. The predicted octanol–water partition coefficient (Wildman–Crippen LogP) is 4.01. The molecule has 1 heterocycles. The molecule has 0 fully saturated rings. The Morgan fingerprint density at radius 1 is 1.48 bits per heavy atom. The molecule has 1 N–H and O–H groups in total. The number of allylic oxidation sites excluding steroid dienone is 2. The lowest BCUT2D eigenvalue weighted by atomic mass is 9.70. The fourth-order valence-corrected chi connectivity index (χ4v) is 3.53. The Kier molecular flexibility index (Phi) is 5.35. The van der Waals surface area contributed by atoms with Crippen molar-refractivity contribution in [2.24, 2.45) is 5.41 Å². The molecule has 0 radical (unpaired) electrons. The third-order valence-corrected chi connectivity index (χ3v) is 4.72. The monoisotopic (exact) mass is 320 g/mol. The molecule has 0 saturated carbocycles. The van der Waals surface area contributed by atoms with Gasteiger partial charge in [0.2, 0.25) is 0 Å². The van der Waals surface area contributed by atoms with E-state index in [1.54, 1.807) is 19.3 Å². The van der Waals surface area contributed by atoms with Gasteiger partial charge in [-0.05, 0) is 57.4 Å². The summed E-state index contributed by atoms with van der Waals surface area (Å²) in [6.07, 6.45) is 6.02. The predicted molar refractivity (Wildman–Crippen MR) is 89.4 cm³/mol. The molecule has 0 saturated heterocycles. The normalized spacial score (nSPS) is 27.8. The van der Waals surface area contributed by atoms with E-state index in [2.05, 4.69) is 20.8 Å². The number of carbonyl (C=O) groups is 1. The minimum absolute atomic E-state index is 0.0454. The van der Waals surface area contributed by atoms with E-state index < -0.39 is 6.29 Å². The summed E-state index contributed by atoms with van der Waals surface area (Å²) in [6, 6.07) is 0. The fraction of sp³-hybridized carbons (Fsp3) is 0.632. The Balaban J connectivity index is 1.91. The summed E-state index contributed by atoms with van der Waals surface area (Å²) in [5.74, 6) is -0.315. The first-order valence-electron chi connectivity index (χ1n) is 8.26. The van der Waals surface area contributed by atoms with Gasteiger partial charge >= 0.3 is 5.97 Å². The summed E-state index contributed by atoms with van der Waals surface area (Å²) in [5, 5.41) is 9.95. The lowest BCUT2D eigenvalue weighted by Crippen LogP contribution is -2.29. The largest absolute Gasteiger partial charge is 0.459 e. The Morgan fingerprint density at radius 2 is 2.17 bits per heavy atom. The van der Waals surface area contributed by atoms with Gasteiger partial charge < -0.3 is 14.6 Å². The zero-order valence-corrected chi connectivity index (χ0v) is 14.8. The van der Waals surface area contributed by atoms with Gasteiger partial charge in [0.05, 0.1) is 12.4 Å². The van der Waals surface area contributed by atoms with Crippen molar-refractivity contribution >= 4 is 5.97 Å². The lowest BCUT2D eigenvalue weighted by molar-refractivity contribution is -0.152. The second-order valence-corrected chi connectivity index (χ2v) is 7.43. The molecule has 1 aliphatic heterocycles. The molecule has 2 atom stereocenters. The molecule has 0 amide bonds. The van der Waals surface area contributed by atoms with Gasteiger partial charge in [-0.15, -0.1) is 0 Å². The van der Waals surface area contributed by atoms with Gasteiger partial charge in [-0.2, -0.15) is 0 Å². The summed E-state index contributed by atoms with van der Waals surface area (Å²) in [6.45, 7) is 10.3. The van der Waals surface area contributed by atoms with E-state index in [1.807, 2.05) is 6.92 Å². The summed E-state index contributed by atoms with van der Waals surface area (Å²) in [7, 11) is 0. The van der Waals surface area contributed by atoms with Crippen LogP contribution < -0.4 is 0 Å². The molecule has 23 heavy (non-hydrogen) atoms. The molecule has 2 aliphatic rings. The first-order chi connectivity index (χ1) is 10.7. The van der Waals surface area contributed by atoms with Crippen LogP contribution in [-0.2, 0) is 14.3 Å². The minimum atomic E-state index is -0.598. The SMILES string of the molecule is CC(=COC1C=C(C)C(=O)O1)CCC1=C(C)CC(O)CC1(C)C. The standard InChI is InChI=1S/C19H28O4/c1-12(11-22-17-9-14(3)18(21)23-17)6-7-16-13(2)8-15(20)10-19(16,4)5/h9,11,15,17,20H,6-8,10H2,1-5H3. The van der Waals surface area contributed by atoms with Crippen molar-refractivity contribution < 1.29 is 19.4 Å². The van der Waals surface area contributed by atoms with E-state index in [0.717, 1.165) is 31.3 Å². The van der Waals surface area contributed by atoms with Gasteiger partial charge in [0.1, 0.15) is 0 Å². The van der Waals surface area contributed by atoms with E-state index in [4.69, 9.17) is 9.47 Å². The van der Waals surface area contributed by atoms with Gasteiger partial charge in [0.25, 0.3) is 6.29 Å². The molecule has 1 aliphatic carbocycles. The molecule has 0 aromatic carbocycles. The highest BCUT2D eigenvalue weighted by molar-refractivity contribution is 5.89. The second-order valence-electron chi connectivity index (χ2n) is 7.43. The van der Waals surface area contributed by atoms with Crippen molar-refractivity contribution in [2.75, 3.05) is 0 Å². The lowest BCUT2D eigenvalue weighted by Gasteiger charge is -2.37. The maximum absolute atomic E-state index is 11.3. The van der Waals surface area contributed by atoms with Crippen LogP contribution in [0.3, 0.4) is 0 Å². The van der Waals surface area contributed by atoms with Crippen molar-refractivity contribution in [1.29, 1.82) is 0 Å². The van der Waals surface area contributed by atoms with Gasteiger partial charge in [0.15, 0.2) is 0 Å². The number of ether oxygens (including phenoxy) is 2. The Morgan fingerprint density at radius 3 is 2.74 bits per heavy atom. The van der Waals surface area contributed by atoms with Crippen LogP contribution in [0.15, 0.2) is 34.6 Å². The zero-order chi connectivity index (χ0) is 17.2. The molecule has 4 nitrogen and oxygen atoms in total. The van der Waals surface area contributed by atoms with Crippen molar-refractivity contribution in [3.63, 3.8) is 0 Å². The maximum Gasteiger partial charge on any atom is 0.336 e. The molecule has 2 unspecified atom stereocenters. The second kappa shape index (κ2) is 6.91. The Hall–Kier alpha value is -1.55. The molecule has 4 heteroatoms. The highest BCUT2D eigenvalue weighted by atomic mass is 16.7. The Bertz CT molecular complexity index is 566. The van der Waals surface area contributed by atoms with Gasteiger partial charge in [0, 0.05) is 11.6 Å². The smallest absolute Gasteiger partial charge is 0.336 e. The number of aliphatic hydroxyl groups is 1. The average molecular weight is 320 g/mol. The Labute approximate surface area is 138 Å². The van der Waals surface area contributed by atoms with Crippen LogP contribution in [0.25, 0.3) is 0 Å². The van der Waals surface area contributed by atoms with Crippen molar-refractivity contribution in [1.82, 2.24) is 0 Å². The minimum Gasteiger partial charge on any atom is -0.459 e. The molecular formula is C19H28O4. The number of carbonyl (C=O) groups excluding carboxylic acids is 1. The van der Waals surface area contributed by atoms with Crippen LogP contribution in [0.5, 0.6) is 0 Å².